The van der Waals surface area contributed by atoms with E-state index >= 15 is 0 Å². The van der Waals surface area contributed by atoms with E-state index in [2.05, 4.69) is 6.92 Å². The van der Waals surface area contributed by atoms with Crippen LogP contribution < -0.4 is 23.7 Å². The van der Waals surface area contributed by atoms with Crippen molar-refractivity contribution < 1.29 is 28.5 Å². The van der Waals surface area contributed by atoms with Crippen LogP contribution in [0.1, 0.15) is 71.8 Å². The van der Waals surface area contributed by atoms with Gasteiger partial charge in [-0.1, -0.05) is 63.8 Å². The first-order valence-corrected chi connectivity index (χ1v) is 14.5. The van der Waals surface area contributed by atoms with Gasteiger partial charge in [0.05, 0.1) is 32.8 Å². The van der Waals surface area contributed by atoms with Crippen LogP contribution in [0.5, 0.6) is 28.7 Å². The minimum Gasteiger partial charge on any atom is -0.494 e. The van der Waals surface area contributed by atoms with E-state index in [0.717, 1.165) is 55.2 Å². The van der Waals surface area contributed by atoms with E-state index in [1.807, 2.05) is 51.1 Å². The number of esters is 1. The molecule has 3 aromatic rings. The molecule has 212 valence electrons. The fourth-order valence-corrected chi connectivity index (χ4v) is 4.33. The number of fused-ring (bicyclic) bond motifs is 1. The van der Waals surface area contributed by atoms with Gasteiger partial charge in [0.25, 0.3) is 0 Å². The van der Waals surface area contributed by atoms with Crippen molar-refractivity contribution in [2.75, 3.05) is 26.4 Å². The minimum absolute atomic E-state index is 0.0858. The molecule has 0 spiro atoms. The topological polar surface area (TPSA) is 63.2 Å². The summed E-state index contributed by atoms with van der Waals surface area (Å²) in [6, 6.07) is 12.9. The van der Waals surface area contributed by atoms with E-state index in [9.17, 15) is 4.79 Å². The lowest BCUT2D eigenvalue weighted by Crippen LogP contribution is -2.14. The van der Waals surface area contributed by atoms with Crippen molar-refractivity contribution >= 4 is 28.3 Å². The average Bonchev–Trinajstić information content (AvgIpc) is 2.93. The molecular weight excluding hydrogens is 516 g/mol. The third-order valence-corrected chi connectivity index (χ3v) is 6.27. The van der Waals surface area contributed by atoms with E-state index in [1.54, 1.807) is 12.1 Å². The molecule has 3 rings (SSSR count). The monoisotopic (exact) mass is 556 g/mol. The van der Waals surface area contributed by atoms with Crippen LogP contribution >= 0.6 is 11.6 Å². The van der Waals surface area contributed by atoms with Gasteiger partial charge in [-0.3, -0.25) is 4.79 Å². The summed E-state index contributed by atoms with van der Waals surface area (Å²) in [5.74, 6) is 2.04. The molecule has 0 radical (unpaired) electrons. The number of hydrogen-bond acceptors (Lipinski definition) is 6. The highest BCUT2D eigenvalue weighted by molar-refractivity contribution is 6.31. The summed E-state index contributed by atoms with van der Waals surface area (Å²) >= 11 is 6.43. The van der Waals surface area contributed by atoms with Crippen LogP contribution in [-0.4, -0.2) is 32.4 Å². The summed E-state index contributed by atoms with van der Waals surface area (Å²) in [6.45, 7) is 10.2. The molecule has 7 heteroatoms. The molecule has 0 aromatic heterocycles. The van der Waals surface area contributed by atoms with Crippen LogP contribution in [-0.2, 0) is 11.2 Å². The summed E-state index contributed by atoms with van der Waals surface area (Å²) in [4.78, 5) is 13.2. The normalized spacial score (nSPS) is 10.9. The van der Waals surface area contributed by atoms with Crippen molar-refractivity contribution in [1.82, 2.24) is 0 Å². The van der Waals surface area contributed by atoms with Gasteiger partial charge in [0.15, 0.2) is 11.5 Å². The third-order valence-electron chi connectivity index (χ3n) is 6.03. The van der Waals surface area contributed by atoms with E-state index in [4.69, 9.17) is 35.3 Å². The second-order valence-electron chi connectivity index (χ2n) is 9.34. The lowest BCUT2D eigenvalue weighted by atomic mass is 10.1. The Labute approximate surface area is 237 Å². The molecule has 0 atom stereocenters. The number of carbonyl (C=O) groups is 1. The molecule has 3 aromatic carbocycles. The zero-order chi connectivity index (χ0) is 28.0. The number of hydrogen-bond donors (Lipinski definition) is 0. The molecule has 0 bridgehead atoms. The van der Waals surface area contributed by atoms with Crippen molar-refractivity contribution in [2.45, 2.75) is 72.6 Å². The molecule has 0 aliphatic carbocycles. The maximum absolute atomic E-state index is 13.2. The van der Waals surface area contributed by atoms with Gasteiger partial charge in [-0.2, -0.15) is 0 Å². The minimum atomic E-state index is -0.420. The van der Waals surface area contributed by atoms with Crippen LogP contribution in [0.3, 0.4) is 0 Å². The number of unbranched alkanes of at least 4 members (excludes halogenated alkanes) is 3. The molecule has 0 aliphatic heterocycles. The molecule has 0 heterocycles. The SMILES string of the molecule is CCCCCCOc1c(OCCC)c(OCCC)c(OC(=O)Cc2ccc(OCC)cc2)c2cc(Cl)ccc12. The molecule has 0 fully saturated rings. The van der Waals surface area contributed by atoms with Gasteiger partial charge in [-0.25, -0.2) is 0 Å². The Morgan fingerprint density at radius 1 is 0.667 bits per heavy atom. The van der Waals surface area contributed by atoms with Gasteiger partial charge in [-0.05, 0) is 62.1 Å². The van der Waals surface area contributed by atoms with Crippen LogP contribution in [0.4, 0.5) is 0 Å². The van der Waals surface area contributed by atoms with Gasteiger partial charge in [0.1, 0.15) is 5.75 Å². The number of halogens is 1. The maximum atomic E-state index is 13.2. The van der Waals surface area contributed by atoms with Crippen LogP contribution in [0.15, 0.2) is 42.5 Å². The molecule has 0 saturated carbocycles. The van der Waals surface area contributed by atoms with Gasteiger partial charge < -0.3 is 23.7 Å². The molecule has 0 amide bonds. The van der Waals surface area contributed by atoms with Crippen molar-refractivity contribution in [3.63, 3.8) is 0 Å². The van der Waals surface area contributed by atoms with Crippen molar-refractivity contribution in [3.05, 3.63) is 53.1 Å². The fraction of sp³-hybridized carbons (Fsp3) is 0.469. The maximum Gasteiger partial charge on any atom is 0.315 e. The zero-order valence-electron chi connectivity index (χ0n) is 23.6. The van der Waals surface area contributed by atoms with E-state index in [-0.39, 0.29) is 6.42 Å². The summed E-state index contributed by atoms with van der Waals surface area (Å²) in [5, 5.41) is 1.92. The smallest absolute Gasteiger partial charge is 0.315 e. The Morgan fingerprint density at radius 3 is 1.97 bits per heavy atom. The van der Waals surface area contributed by atoms with E-state index in [0.29, 0.717) is 59.8 Å². The first kappa shape index (κ1) is 30.4. The summed E-state index contributed by atoms with van der Waals surface area (Å²) in [7, 11) is 0. The first-order chi connectivity index (χ1) is 19.0. The van der Waals surface area contributed by atoms with Crippen molar-refractivity contribution in [3.8, 4) is 28.7 Å². The number of ether oxygens (including phenoxy) is 5. The lowest BCUT2D eigenvalue weighted by Gasteiger charge is -2.22. The summed E-state index contributed by atoms with van der Waals surface area (Å²) in [5.41, 5.74) is 0.816. The summed E-state index contributed by atoms with van der Waals surface area (Å²) in [6.07, 6.45) is 5.99. The Kier molecular flexibility index (Phi) is 12.6. The highest BCUT2D eigenvalue weighted by Gasteiger charge is 2.27. The second-order valence-corrected chi connectivity index (χ2v) is 9.78. The second kappa shape index (κ2) is 16.1. The van der Waals surface area contributed by atoms with Crippen LogP contribution in [0.25, 0.3) is 10.8 Å². The number of benzene rings is 3. The van der Waals surface area contributed by atoms with Gasteiger partial charge in [0, 0.05) is 15.8 Å². The number of rotatable bonds is 17. The predicted octanol–water partition coefficient (Wildman–Crippen LogP) is 8.58. The first-order valence-electron chi connectivity index (χ1n) is 14.1. The zero-order valence-corrected chi connectivity index (χ0v) is 24.4. The van der Waals surface area contributed by atoms with Crippen molar-refractivity contribution in [1.29, 1.82) is 0 Å². The molecule has 0 N–H and O–H groups in total. The Hall–Kier alpha value is -3.12. The highest BCUT2D eigenvalue weighted by atomic mass is 35.5. The predicted molar refractivity (Wildman–Crippen MR) is 157 cm³/mol. The van der Waals surface area contributed by atoms with Gasteiger partial charge in [0.2, 0.25) is 11.5 Å². The third kappa shape index (κ3) is 8.69. The van der Waals surface area contributed by atoms with Gasteiger partial charge in [-0.15, -0.1) is 0 Å². The average molecular weight is 557 g/mol. The molecule has 0 saturated heterocycles. The van der Waals surface area contributed by atoms with Crippen molar-refractivity contribution in [2.24, 2.45) is 0 Å². The lowest BCUT2D eigenvalue weighted by molar-refractivity contribution is -0.133. The van der Waals surface area contributed by atoms with Crippen LogP contribution in [0, 0.1) is 0 Å². The molecule has 6 nitrogen and oxygen atoms in total. The highest BCUT2D eigenvalue weighted by Crippen LogP contribution is 2.52. The Balaban J connectivity index is 2.04. The summed E-state index contributed by atoms with van der Waals surface area (Å²) < 4.78 is 30.3. The standard InChI is InChI=1S/C32H41ClO6/c1-5-9-10-11-20-38-29-26-17-14-24(33)22-27(26)30(32(37-19-7-3)31(29)36-18-6-2)39-28(34)21-23-12-15-25(16-13-23)35-8-4/h12-17,22H,5-11,18-21H2,1-4H3. The molecular formula is C32H41ClO6. The quantitative estimate of drug-likeness (QED) is 0.0942. The van der Waals surface area contributed by atoms with Gasteiger partial charge >= 0.3 is 5.97 Å². The number of carbonyl (C=O) groups excluding carboxylic acids is 1. The van der Waals surface area contributed by atoms with Crippen LogP contribution in [0.2, 0.25) is 5.02 Å². The van der Waals surface area contributed by atoms with E-state index < -0.39 is 5.97 Å². The largest absolute Gasteiger partial charge is 0.494 e. The Morgan fingerprint density at radius 2 is 1.33 bits per heavy atom. The molecule has 0 unspecified atom stereocenters. The van der Waals surface area contributed by atoms with E-state index in [1.165, 1.54) is 0 Å². The fourth-order valence-electron chi connectivity index (χ4n) is 4.16. The molecule has 39 heavy (non-hydrogen) atoms. The Bertz CT molecular complexity index is 1190. The molecule has 0 aliphatic rings.